The number of aromatic hydroxyl groups is 1. The topological polar surface area (TPSA) is 55.8 Å². The number of carbonyl (C=O) groups is 1. The van der Waals surface area contributed by atoms with Crippen LogP contribution in [0.4, 0.5) is 0 Å². The minimum absolute atomic E-state index is 0.0893. The zero-order valence-electron chi connectivity index (χ0n) is 15.0. The van der Waals surface area contributed by atoms with Gasteiger partial charge in [-0.1, -0.05) is 31.6 Å². The molecule has 0 bridgehead atoms. The zero-order valence-corrected chi connectivity index (χ0v) is 15.0. The summed E-state index contributed by atoms with van der Waals surface area (Å²) in [5.41, 5.74) is 2.00. The summed E-state index contributed by atoms with van der Waals surface area (Å²) in [7, 11) is 1.49. The molecule has 4 nitrogen and oxygen atoms in total. The van der Waals surface area contributed by atoms with Crippen molar-refractivity contribution in [3.8, 4) is 11.5 Å². The first-order valence-corrected chi connectivity index (χ1v) is 8.31. The van der Waals surface area contributed by atoms with Crippen LogP contribution in [0.1, 0.15) is 45.6 Å². The summed E-state index contributed by atoms with van der Waals surface area (Å²) in [6.45, 7) is 6.39. The highest BCUT2D eigenvalue weighted by atomic mass is 16.5. The second-order valence-electron chi connectivity index (χ2n) is 6.22. The van der Waals surface area contributed by atoms with Crippen molar-refractivity contribution in [3.05, 3.63) is 47.7 Å². The van der Waals surface area contributed by atoms with Crippen molar-refractivity contribution in [2.75, 3.05) is 7.11 Å². The van der Waals surface area contributed by atoms with Gasteiger partial charge in [0.15, 0.2) is 11.5 Å². The fraction of sp³-hybridized carbons (Fsp3) is 0.450. The Balaban J connectivity index is 2.37. The number of ether oxygens (including phenoxy) is 2. The molecule has 0 aromatic heterocycles. The zero-order chi connectivity index (χ0) is 17.9. The molecule has 0 aliphatic carbocycles. The first-order chi connectivity index (χ1) is 11.4. The predicted octanol–water partition coefficient (Wildman–Crippen LogP) is 4.77. The Morgan fingerprint density at radius 2 is 2.08 bits per heavy atom. The van der Waals surface area contributed by atoms with Crippen LogP contribution in [0.25, 0.3) is 0 Å². The smallest absolute Gasteiger partial charge is 0.310 e. The molecule has 0 fully saturated rings. The first-order valence-electron chi connectivity index (χ1n) is 8.31. The first kappa shape index (κ1) is 19.8. The summed E-state index contributed by atoms with van der Waals surface area (Å²) >= 11 is 0. The van der Waals surface area contributed by atoms with Crippen LogP contribution in [0.3, 0.4) is 0 Å². The SMILES string of the molecule is COc1cc(CCC(=O)OC=CC(C)=CCCC(C)C)ccc1O. The normalized spacial score (nSPS) is 12.0. The van der Waals surface area contributed by atoms with Gasteiger partial charge in [-0.2, -0.15) is 0 Å². The molecule has 0 amide bonds. The lowest BCUT2D eigenvalue weighted by Gasteiger charge is -2.06. The van der Waals surface area contributed by atoms with E-state index in [1.54, 1.807) is 18.2 Å². The molecular formula is C20H28O4. The molecule has 0 unspecified atom stereocenters. The number of carbonyl (C=O) groups excluding carboxylic acids is 1. The molecule has 24 heavy (non-hydrogen) atoms. The van der Waals surface area contributed by atoms with Gasteiger partial charge in [-0.15, -0.1) is 0 Å². The molecule has 0 aliphatic heterocycles. The quantitative estimate of drug-likeness (QED) is 0.402. The van der Waals surface area contributed by atoms with E-state index in [9.17, 15) is 9.90 Å². The maximum atomic E-state index is 11.7. The van der Waals surface area contributed by atoms with E-state index in [1.165, 1.54) is 13.4 Å². The number of phenolic OH excluding ortho intramolecular Hbond substituents is 1. The average Bonchev–Trinajstić information content (AvgIpc) is 2.53. The monoisotopic (exact) mass is 332 g/mol. The summed E-state index contributed by atoms with van der Waals surface area (Å²) < 4.78 is 10.1. The van der Waals surface area contributed by atoms with E-state index in [0.717, 1.165) is 24.0 Å². The lowest BCUT2D eigenvalue weighted by Crippen LogP contribution is -2.01. The molecule has 0 saturated carbocycles. The molecule has 1 rings (SSSR count). The molecule has 0 radical (unpaired) electrons. The van der Waals surface area contributed by atoms with Crippen LogP contribution >= 0.6 is 0 Å². The van der Waals surface area contributed by atoms with Gasteiger partial charge in [0.2, 0.25) is 0 Å². The highest BCUT2D eigenvalue weighted by Crippen LogP contribution is 2.26. The minimum Gasteiger partial charge on any atom is -0.504 e. The third-order valence-corrected chi connectivity index (χ3v) is 3.60. The molecule has 0 spiro atoms. The summed E-state index contributed by atoms with van der Waals surface area (Å²) in [5, 5.41) is 9.54. The Hall–Kier alpha value is -2.23. The Kier molecular flexibility index (Phi) is 8.69. The highest BCUT2D eigenvalue weighted by molar-refractivity contribution is 5.70. The number of allylic oxidation sites excluding steroid dienone is 3. The summed E-state index contributed by atoms with van der Waals surface area (Å²) in [6.07, 6.45) is 8.39. The van der Waals surface area contributed by atoms with Gasteiger partial charge in [0.25, 0.3) is 0 Å². The summed E-state index contributed by atoms with van der Waals surface area (Å²) in [5.74, 6) is 0.900. The number of aryl methyl sites for hydroxylation is 1. The molecular weight excluding hydrogens is 304 g/mol. The van der Waals surface area contributed by atoms with Gasteiger partial charge >= 0.3 is 5.97 Å². The maximum absolute atomic E-state index is 11.7. The van der Waals surface area contributed by atoms with Gasteiger partial charge < -0.3 is 14.6 Å². The van der Waals surface area contributed by atoms with Gasteiger partial charge in [-0.05, 0) is 55.9 Å². The third kappa shape index (κ3) is 7.86. The molecule has 1 aromatic rings. The standard InChI is InChI=1S/C20H28O4/c1-15(2)6-5-7-16(3)12-13-24-20(22)11-9-17-8-10-18(21)19(14-17)23-4/h7-8,10,12-15,21H,5-6,9,11H2,1-4H3. The van der Waals surface area contributed by atoms with Crippen LogP contribution in [-0.4, -0.2) is 18.2 Å². The second-order valence-corrected chi connectivity index (χ2v) is 6.22. The third-order valence-electron chi connectivity index (χ3n) is 3.60. The summed E-state index contributed by atoms with van der Waals surface area (Å²) in [6, 6.07) is 5.05. The van der Waals surface area contributed by atoms with Crippen molar-refractivity contribution < 1.29 is 19.4 Å². The van der Waals surface area contributed by atoms with Crippen molar-refractivity contribution in [2.24, 2.45) is 5.92 Å². The van der Waals surface area contributed by atoms with E-state index in [4.69, 9.17) is 9.47 Å². The molecule has 0 heterocycles. The number of esters is 1. The van der Waals surface area contributed by atoms with Crippen molar-refractivity contribution in [2.45, 2.75) is 46.5 Å². The van der Waals surface area contributed by atoms with E-state index in [-0.39, 0.29) is 18.1 Å². The fourth-order valence-electron chi connectivity index (χ4n) is 2.11. The predicted molar refractivity (Wildman–Crippen MR) is 96.0 cm³/mol. The Morgan fingerprint density at radius 3 is 2.75 bits per heavy atom. The molecule has 132 valence electrons. The molecule has 1 N–H and O–H groups in total. The van der Waals surface area contributed by atoms with Crippen LogP contribution in [-0.2, 0) is 16.0 Å². The van der Waals surface area contributed by atoms with Crippen LogP contribution in [0.5, 0.6) is 11.5 Å². The molecule has 0 atom stereocenters. The Labute approximate surface area is 144 Å². The van der Waals surface area contributed by atoms with Gasteiger partial charge in [0.05, 0.1) is 13.4 Å². The number of benzene rings is 1. The van der Waals surface area contributed by atoms with Gasteiger partial charge in [0.1, 0.15) is 0 Å². The Bertz CT molecular complexity index is 585. The van der Waals surface area contributed by atoms with E-state index in [0.29, 0.717) is 18.1 Å². The molecule has 4 heteroatoms. The van der Waals surface area contributed by atoms with E-state index < -0.39 is 0 Å². The van der Waals surface area contributed by atoms with Crippen LogP contribution in [0, 0.1) is 5.92 Å². The van der Waals surface area contributed by atoms with Crippen LogP contribution in [0.15, 0.2) is 42.2 Å². The average molecular weight is 332 g/mol. The fourth-order valence-corrected chi connectivity index (χ4v) is 2.11. The number of phenols is 1. The number of methoxy groups -OCH3 is 1. The highest BCUT2D eigenvalue weighted by Gasteiger charge is 2.06. The largest absolute Gasteiger partial charge is 0.504 e. The number of hydrogen-bond donors (Lipinski definition) is 1. The second kappa shape index (κ2) is 10.5. The van der Waals surface area contributed by atoms with Crippen molar-refractivity contribution in [3.63, 3.8) is 0 Å². The van der Waals surface area contributed by atoms with Crippen LogP contribution in [0.2, 0.25) is 0 Å². The Morgan fingerprint density at radius 1 is 1.33 bits per heavy atom. The maximum Gasteiger partial charge on any atom is 0.310 e. The van der Waals surface area contributed by atoms with Crippen LogP contribution < -0.4 is 4.74 Å². The van der Waals surface area contributed by atoms with E-state index in [2.05, 4.69) is 19.9 Å². The molecule has 1 aromatic carbocycles. The minimum atomic E-state index is -0.284. The van der Waals surface area contributed by atoms with E-state index in [1.807, 2.05) is 13.0 Å². The lowest BCUT2D eigenvalue weighted by molar-refractivity contribution is -0.137. The van der Waals surface area contributed by atoms with Gasteiger partial charge in [-0.3, -0.25) is 4.79 Å². The van der Waals surface area contributed by atoms with Gasteiger partial charge in [0, 0.05) is 6.42 Å². The van der Waals surface area contributed by atoms with E-state index >= 15 is 0 Å². The number of rotatable bonds is 9. The lowest BCUT2D eigenvalue weighted by atomic mass is 10.1. The van der Waals surface area contributed by atoms with Gasteiger partial charge in [-0.25, -0.2) is 0 Å². The van der Waals surface area contributed by atoms with Crippen molar-refractivity contribution in [1.29, 1.82) is 0 Å². The molecule has 0 aliphatic rings. The number of hydrogen-bond acceptors (Lipinski definition) is 4. The summed E-state index contributed by atoms with van der Waals surface area (Å²) in [4.78, 5) is 11.7. The van der Waals surface area contributed by atoms with Crippen molar-refractivity contribution >= 4 is 5.97 Å². The van der Waals surface area contributed by atoms with Crippen molar-refractivity contribution in [1.82, 2.24) is 0 Å². The molecule has 0 saturated heterocycles.